The normalized spacial score (nSPS) is 27.4. The van der Waals surface area contributed by atoms with Crippen LogP contribution in [0.4, 0.5) is 0 Å². The van der Waals surface area contributed by atoms with Gasteiger partial charge in [-0.3, -0.25) is 29.4 Å². The number of nitrogens with one attached hydrogen (secondary N) is 2. The first kappa shape index (κ1) is 39.5. The van der Waals surface area contributed by atoms with E-state index in [1.54, 1.807) is 18.9 Å². The van der Waals surface area contributed by atoms with Crippen LogP contribution in [0.3, 0.4) is 0 Å². The lowest BCUT2D eigenvalue weighted by molar-refractivity contribution is -0.155. The zero-order valence-corrected chi connectivity index (χ0v) is 34.4. The van der Waals surface area contributed by atoms with E-state index < -0.39 is 17.5 Å². The molecule has 1 saturated carbocycles. The standard InChI is InChI=1S/C42H57N7O5S/c1-9-48-34-15-14-26-18-28(34)29(38(48)27-12-10-16-43-37(27)25(3)53-8)20-42(4,5)23-54-41(52)31-13-11-17-49(46-31)40(51)32(19-35-44-33(26)22-55-35)45-39(50)36-24(2)30(36)21-47(6)7/h10,12,14-16,18,24-25,30-33,36,46H,9,11,13,17,19-23H2,1-8H3,(H,45,50)/t24-,25-,30+,31-,32-,33?,36+/m0/s1. The third-order valence-corrected chi connectivity index (χ3v) is 13.0. The number of fused-ring (bicyclic) bond motifs is 5. The molecule has 1 aromatic carbocycles. The number of rotatable bonds is 8. The second-order valence-corrected chi connectivity index (χ2v) is 17.9. The lowest BCUT2D eigenvalue weighted by atomic mass is 9.84. The van der Waals surface area contributed by atoms with Gasteiger partial charge in [-0.05, 0) is 94.4 Å². The Morgan fingerprint density at radius 3 is 2.78 bits per heavy atom. The summed E-state index contributed by atoms with van der Waals surface area (Å²) in [6.45, 7) is 12.8. The van der Waals surface area contributed by atoms with Crippen LogP contribution in [0.1, 0.15) is 82.8 Å². The summed E-state index contributed by atoms with van der Waals surface area (Å²) in [7, 11) is 5.74. The minimum Gasteiger partial charge on any atom is -0.464 e. The molecule has 2 N–H and O–H groups in total. The van der Waals surface area contributed by atoms with E-state index in [9.17, 15) is 14.4 Å². The van der Waals surface area contributed by atoms with E-state index in [1.807, 2.05) is 33.3 Å². The molecule has 1 saturated heterocycles. The molecule has 2 fully saturated rings. The van der Waals surface area contributed by atoms with Gasteiger partial charge in [0, 0.05) is 72.9 Å². The Morgan fingerprint density at radius 1 is 1.24 bits per heavy atom. The molecule has 7 rings (SSSR count). The molecule has 2 aromatic heterocycles. The molecule has 13 heteroatoms. The van der Waals surface area contributed by atoms with Crippen LogP contribution < -0.4 is 10.7 Å². The van der Waals surface area contributed by atoms with Gasteiger partial charge in [0.15, 0.2) is 0 Å². The molecule has 55 heavy (non-hydrogen) atoms. The number of benzene rings is 1. The number of esters is 1. The predicted molar refractivity (Wildman–Crippen MR) is 216 cm³/mol. The van der Waals surface area contributed by atoms with Gasteiger partial charge in [-0.2, -0.15) is 0 Å². The highest BCUT2D eigenvalue weighted by atomic mass is 32.2. The van der Waals surface area contributed by atoms with Gasteiger partial charge in [-0.25, -0.2) is 5.43 Å². The molecule has 0 spiro atoms. The third kappa shape index (κ3) is 8.08. The Bertz CT molecular complexity index is 1980. The van der Waals surface area contributed by atoms with Gasteiger partial charge >= 0.3 is 5.97 Å². The number of aliphatic imine (C=N–C) groups is 1. The van der Waals surface area contributed by atoms with E-state index >= 15 is 0 Å². The number of cyclic esters (lactones) is 1. The Hall–Kier alpha value is -3.78. The van der Waals surface area contributed by atoms with Gasteiger partial charge in [-0.15, -0.1) is 11.8 Å². The van der Waals surface area contributed by atoms with Crippen LogP contribution in [0.15, 0.2) is 41.5 Å². The number of aryl methyl sites for hydroxylation is 1. The Kier molecular flexibility index (Phi) is 11.5. The van der Waals surface area contributed by atoms with Crippen LogP contribution in [-0.4, -0.2) is 101 Å². The maximum atomic E-state index is 14.3. The molecule has 6 bridgehead atoms. The number of thioether (sulfide) groups is 1. The maximum absolute atomic E-state index is 14.3. The summed E-state index contributed by atoms with van der Waals surface area (Å²) in [6, 6.07) is 9.17. The van der Waals surface area contributed by atoms with Crippen molar-refractivity contribution in [1.29, 1.82) is 0 Å². The van der Waals surface area contributed by atoms with Crippen LogP contribution in [-0.2, 0) is 36.8 Å². The fraction of sp³-hybridized carbons (Fsp3) is 0.595. The third-order valence-electron chi connectivity index (χ3n) is 11.9. The number of pyridine rings is 1. The topological polar surface area (TPSA) is 130 Å². The van der Waals surface area contributed by atoms with Crippen molar-refractivity contribution in [3.63, 3.8) is 0 Å². The largest absolute Gasteiger partial charge is 0.464 e. The van der Waals surface area contributed by atoms with Gasteiger partial charge in [0.2, 0.25) is 5.91 Å². The van der Waals surface area contributed by atoms with Crippen molar-refractivity contribution < 1.29 is 23.9 Å². The molecule has 1 unspecified atom stereocenters. The summed E-state index contributed by atoms with van der Waals surface area (Å²) in [6.07, 6.45) is 3.72. The van der Waals surface area contributed by atoms with Gasteiger partial charge in [-0.1, -0.05) is 26.8 Å². The number of hydrogen-bond donors (Lipinski definition) is 2. The summed E-state index contributed by atoms with van der Waals surface area (Å²) in [5.74, 6) is 0.357. The second kappa shape index (κ2) is 16.0. The summed E-state index contributed by atoms with van der Waals surface area (Å²) in [5.41, 5.74) is 9.14. The first-order valence-corrected chi connectivity index (χ1v) is 20.8. The van der Waals surface area contributed by atoms with E-state index in [-0.39, 0.29) is 60.7 Å². The fourth-order valence-electron chi connectivity index (χ4n) is 8.75. The van der Waals surface area contributed by atoms with Gasteiger partial charge < -0.3 is 24.3 Å². The van der Waals surface area contributed by atoms with Crippen LogP contribution in [0.2, 0.25) is 0 Å². The van der Waals surface area contributed by atoms with Crippen molar-refractivity contribution in [3.8, 4) is 11.3 Å². The highest BCUT2D eigenvalue weighted by molar-refractivity contribution is 8.14. The molecule has 1 aliphatic carbocycles. The summed E-state index contributed by atoms with van der Waals surface area (Å²) in [4.78, 5) is 53.8. The van der Waals surface area contributed by atoms with Gasteiger partial charge in [0.1, 0.15) is 12.1 Å². The zero-order valence-electron chi connectivity index (χ0n) is 33.6. The highest BCUT2D eigenvalue weighted by Crippen LogP contribution is 2.47. The average molecular weight is 772 g/mol. The number of ether oxygens (including phenoxy) is 2. The molecule has 0 radical (unpaired) electrons. The number of methoxy groups -OCH3 is 1. The molecule has 4 aliphatic rings. The molecule has 3 aliphatic heterocycles. The lowest BCUT2D eigenvalue weighted by Gasteiger charge is -2.35. The van der Waals surface area contributed by atoms with Crippen LogP contribution in [0.5, 0.6) is 0 Å². The van der Waals surface area contributed by atoms with Crippen LogP contribution in [0, 0.1) is 23.2 Å². The zero-order chi connectivity index (χ0) is 39.2. The quantitative estimate of drug-likeness (QED) is 0.283. The van der Waals surface area contributed by atoms with E-state index in [2.05, 4.69) is 72.2 Å². The van der Waals surface area contributed by atoms with Crippen molar-refractivity contribution in [1.82, 2.24) is 30.2 Å². The number of carbonyl (C=O) groups is 3. The van der Waals surface area contributed by atoms with E-state index in [0.29, 0.717) is 25.8 Å². The van der Waals surface area contributed by atoms with Crippen LogP contribution >= 0.6 is 11.8 Å². The number of aromatic nitrogens is 2. The molecular formula is C42H57N7O5S. The Labute approximate surface area is 329 Å². The first-order chi connectivity index (χ1) is 26.3. The fourth-order valence-corrected chi connectivity index (χ4v) is 9.85. The van der Waals surface area contributed by atoms with Crippen molar-refractivity contribution in [2.45, 2.75) is 91.1 Å². The molecular weight excluding hydrogens is 715 g/mol. The van der Waals surface area contributed by atoms with Gasteiger partial charge in [0.05, 0.1) is 35.2 Å². The predicted octanol–water partition coefficient (Wildman–Crippen LogP) is 5.56. The van der Waals surface area contributed by atoms with Crippen molar-refractivity contribution in [3.05, 3.63) is 53.3 Å². The summed E-state index contributed by atoms with van der Waals surface area (Å²) in [5, 5.41) is 6.64. The van der Waals surface area contributed by atoms with Crippen molar-refractivity contribution >= 4 is 45.5 Å². The Balaban J connectivity index is 1.30. The molecule has 2 amide bonds. The molecule has 5 heterocycles. The number of hydrogen-bond acceptors (Lipinski definition) is 10. The molecule has 12 nitrogen and oxygen atoms in total. The minimum atomic E-state index is -0.816. The number of hydrazine groups is 1. The number of amides is 2. The van der Waals surface area contributed by atoms with E-state index in [1.165, 1.54) is 10.6 Å². The van der Waals surface area contributed by atoms with Crippen molar-refractivity contribution in [2.75, 3.05) is 46.7 Å². The van der Waals surface area contributed by atoms with Gasteiger partial charge in [0.25, 0.3) is 5.91 Å². The number of nitrogens with zero attached hydrogens (tertiary/aromatic N) is 5. The van der Waals surface area contributed by atoms with E-state index in [0.717, 1.165) is 57.3 Å². The molecule has 3 aromatic rings. The molecule has 7 atom stereocenters. The minimum absolute atomic E-state index is 0.0962. The lowest BCUT2D eigenvalue weighted by Crippen LogP contribution is -2.60. The highest BCUT2D eigenvalue weighted by Gasteiger charge is 2.52. The van der Waals surface area contributed by atoms with Crippen molar-refractivity contribution in [2.24, 2.45) is 28.2 Å². The SMILES string of the molecule is CCn1c(-c2cccnc2[C@H](C)OC)c2c3cc(ccc31)C1CSC(=N1)C[C@H](NC(=O)[C@@H]1[C@@H](C)[C@H]1CN(C)C)C(=O)N1CCC[C@H](N1)C(=O)OCC(C)(C)C2. The number of carbonyl (C=O) groups excluding carboxylic acids is 3. The average Bonchev–Trinajstić information content (AvgIpc) is 3.45. The smallest absolute Gasteiger partial charge is 0.324 e. The monoisotopic (exact) mass is 771 g/mol. The summed E-state index contributed by atoms with van der Waals surface area (Å²) >= 11 is 1.65. The first-order valence-electron chi connectivity index (χ1n) is 19.8. The summed E-state index contributed by atoms with van der Waals surface area (Å²) < 4.78 is 14.3. The second-order valence-electron chi connectivity index (χ2n) is 16.9. The molecule has 296 valence electrons. The Morgan fingerprint density at radius 2 is 2.04 bits per heavy atom. The van der Waals surface area contributed by atoms with Crippen LogP contribution in [0.25, 0.3) is 22.2 Å². The maximum Gasteiger partial charge on any atom is 0.324 e. The van der Waals surface area contributed by atoms with E-state index in [4.69, 9.17) is 19.5 Å².